The predicted octanol–water partition coefficient (Wildman–Crippen LogP) is 4.42. The van der Waals surface area contributed by atoms with Gasteiger partial charge < -0.3 is 9.84 Å². The number of rotatable bonds is 8. The van der Waals surface area contributed by atoms with Gasteiger partial charge in [0.15, 0.2) is 11.6 Å². The minimum absolute atomic E-state index is 0.0175. The number of aliphatic carboxylic acids is 1. The fraction of sp³-hybridized carbons (Fsp3) is 0.381. The van der Waals surface area contributed by atoms with Crippen LogP contribution in [0.3, 0.4) is 0 Å². The Bertz CT molecular complexity index is 851. The normalized spacial score (nSPS) is 15.3. The SMILES string of the molecule is CCC(F)(F)c1cccc(COc2ccc(CN3CC(C(=O)O)C3)cc2F)c1. The fourth-order valence-electron chi connectivity index (χ4n) is 3.13. The number of carbonyl (C=O) groups is 1. The molecule has 4 nitrogen and oxygen atoms in total. The summed E-state index contributed by atoms with van der Waals surface area (Å²) >= 11 is 0. The Balaban J connectivity index is 1.58. The van der Waals surface area contributed by atoms with Crippen molar-refractivity contribution < 1.29 is 27.8 Å². The molecule has 1 N–H and O–H groups in total. The average molecular weight is 393 g/mol. The summed E-state index contributed by atoms with van der Waals surface area (Å²) in [6.07, 6.45) is -0.294. The molecule has 0 bridgehead atoms. The fourth-order valence-corrected chi connectivity index (χ4v) is 3.13. The Morgan fingerprint density at radius 3 is 2.61 bits per heavy atom. The first-order valence-electron chi connectivity index (χ1n) is 9.12. The summed E-state index contributed by atoms with van der Waals surface area (Å²) in [5, 5.41) is 8.88. The van der Waals surface area contributed by atoms with Crippen LogP contribution in [0.25, 0.3) is 0 Å². The summed E-state index contributed by atoms with van der Waals surface area (Å²) < 4.78 is 47.4. The van der Waals surface area contributed by atoms with Crippen LogP contribution < -0.4 is 4.74 Å². The Hall–Kier alpha value is -2.54. The lowest BCUT2D eigenvalue weighted by atomic mass is 9.99. The van der Waals surface area contributed by atoms with E-state index in [1.165, 1.54) is 37.3 Å². The van der Waals surface area contributed by atoms with Gasteiger partial charge in [-0.25, -0.2) is 13.2 Å². The second-order valence-corrected chi connectivity index (χ2v) is 7.04. The number of benzene rings is 2. The number of carboxylic acid groups (broad SMARTS) is 1. The number of nitrogens with zero attached hydrogens (tertiary/aromatic N) is 1. The zero-order chi connectivity index (χ0) is 20.3. The molecule has 150 valence electrons. The van der Waals surface area contributed by atoms with E-state index < -0.39 is 17.7 Å². The number of alkyl halides is 2. The van der Waals surface area contributed by atoms with E-state index in [1.54, 1.807) is 12.1 Å². The molecule has 1 aliphatic rings. The smallest absolute Gasteiger partial charge is 0.309 e. The highest BCUT2D eigenvalue weighted by atomic mass is 19.3. The maximum atomic E-state index is 14.3. The third-order valence-electron chi connectivity index (χ3n) is 4.90. The van der Waals surface area contributed by atoms with Gasteiger partial charge in [-0.15, -0.1) is 0 Å². The Labute approximate surface area is 161 Å². The lowest BCUT2D eigenvalue weighted by Crippen LogP contribution is -2.49. The van der Waals surface area contributed by atoms with Crippen LogP contribution in [0, 0.1) is 11.7 Å². The van der Waals surface area contributed by atoms with Crippen LogP contribution in [0.15, 0.2) is 42.5 Å². The zero-order valence-corrected chi connectivity index (χ0v) is 15.5. The second kappa shape index (κ2) is 8.22. The summed E-state index contributed by atoms with van der Waals surface area (Å²) in [4.78, 5) is 12.7. The van der Waals surface area contributed by atoms with Gasteiger partial charge in [0.2, 0.25) is 0 Å². The molecule has 0 atom stereocenters. The van der Waals surface area contributed by atoms with E-state index in [1.807, 2.05) is 4.90 Å². The van der Waals surface area contributed by atoms with Crippen molar-refractivity contribution in [1.82, 2.24) is 4.90 Å². The minimum Gasteiger partial charge on any atom is -0.486 e. The highest BCUT2D eigenvalue weighted by Gasteiger charge is 2.32. The lowest BCUT2D eigenvalue weighted by Gasteiger charge is -2.36. The van der Waals surface area contributed by atoms with Crippen LogP contribution in [0.1, 0.15) is 30.0 Å². The van der Waals surface area contributed by atoms with Gasteiger partial charge in [-0.3, -0.25) is 9.69 Å². The van der Waals surface area contributed by atoms with E-state index in [9.17, 15) is 18.0 Å². The second-order valence-electron chi connectivity index (χ2n) is 7.04. The third kappa shape index (κ3) is 4.65. The van der Waals surface area contributed by atoms with Crippen molar-refractivity contribution in [3.63, 3.8) is 0 Å². The summed E-state index contributed by atoms with van der Waals surface area (Å²) in [5.74, 6) is -4.57. The van der Waals surface area contributed by atoms with Crippen molar-refractivity contribution >= 4 is 5.97 Å². The molecule has 2 aromatic carbocycles. The van der Waals surface area contributed by atoms with Crippen LogP contribution in [0.5, 0.6) is 5.75 Å². The van der Waals surface area contributed by atoms with E-state index in [-0.39, 0.29) is 30.3 Å². The van der Waals surface area contributed by atoms with Crippen LogP contribution in [-0.4, -0.2) is 29.1 Å². The van der Waals surface area contributed by atoms with E-state index in [0.29, 0.717) is 25.2 Å². The number of carboxylic acids is 1. The molecule has 1 aliphatic heterocycles. The number of likely N-dealkylation sites (tertiary alicyclic amines) is 1. The van der Waals surface area contributed by atoms with Gasteiger partial charge in [0.1, 0.15) is 6.61 Å². The largest absolute Gasteiger partial charge is 0.486 e. The number of hydrogen-bond donors (Lipinski definition) is 1. The highest BCUT2D eigenvalue weighted by Crippen LogP contribution is 2.32. The van der Waals surface area contributed by atoms with Crippen LogP contribution in [0.4, 0.5) is 13.2 Å². The van der Waals surface area contributed by atoms with E-state index in [2.05, 4.69) is 0 Å². The standard InChI is InChI=1S/C21H22F3NO3/c1-2-21(23,24)17-5-3-4-15(8-17)13-28-19-7-6-14(9-18(19)22)10-25-11-16(12-25)20(26)27/h3-9,16H,2,10-13H2,1H3,(H,26,27). The van der Waals surface area contributed by atoms with Crippen molar-refractivity contribution in [3.8, 4) is 5.75 Å². The van der Waals surface area contributed by atoms with E-state index >= 15 is 0 Å². The monoisotopic (exact) mass is 393 g/mol. The quantitative estimate of drug-likeness (QED) is 0.721. The lowest BCUT2D eigenvalue weighted by molar-refractivity contribution is -0.147. The number of halogens is 3. The zero-order valence-electron chi connectivity index (χ0n) is 15.5. The molecule has 7 heteroatoms. The Kier molecular flexibility index (Phi) is 5.93. The molecule has 1 saturated heterocycles. The van der Waals surface area contributed by atoms with Crippen LogP contribution in [0.2, 0.25) is 0 Å². The molecule has 0 spiro atoms. The molecule has 1 fully saturated rings. The Morgan fingerprint density at radius 2 is 1.96 bits per heavy atom. The molecule has 2 aromatic rings. The first kappa shape index (κ1) is 20.2. The van der Waals surface area contributed by atoms with E-state index in [0.717, 1.165) is 5.56 Å². The van der Waals surface area contributed by atoms with Gasteiger partial charge in [0.05, 0.1) is 5.92 Å². The summed E-state index contributed by atoms with van der Waals surface area (Å²) in [6.45, 7) is 2.77. The number of ether oxygens (including phenoxy) is 1. The maximum Gasteiger partial charge on any atom is 0.309 e. The van der Waals surface area contributed by atoms with Gasteiger partial charge in [0.25, 0.3) is 5.92 Å². The molecule has 1 heterocycles. The summed E-state index contributed by atoms with van der Waals surface area (Å²) in [5.41, 5.74) is 1.17. The minimum atomic E-state index is -2.90. The average Bonchev–Trinajstić information content (AvgIpc) is 2.63. The predicted molar refractivity (Wildman–Crippen MR) is 97.8 cm³/mol. The molecular weight excluding hydrogens is 371 g/mol. The molecule has 28 heavy (non-hydrogen) atoms. The molecule has 0 amide bonds. The van der Waals surface area contributed by atoms with Crippen molar-refractivity contribution in [2.75, 3.05) is 13.1 Å². The molecule has 0 aromatic heterocycles. The summed E-state index contributed by atoms with van der Waals surface area (Å²) in [6, 6.07) is 10.5. The van der Waals surface area contributed by atoms with Gasteiger partial charge >= 0.3 is 5.97 Å². The van der Waals surface area contributed by atoms with Gasteiger partial charge in [-0.2, -0.15) is 0 Å². The molecule has 0 radical (unpaired) electrons. The van der Waals surface area contributed by atoms with Crippen molar-refractivity contribution in [3.05, 3.63) is 65.0 Å². The highest BCUT2D eigenvalue weighted by molar-refractivity contribution is 5.71. The Morgan fingerprint density at radius 1 is 1.21 bits per heavy atom. The molecule has 0 aliphatic carbocycles. The van der Waals surface area contributed by atoms with Crippen molar-refractivity contribution in [2.24, 2.45) is 5.92 Å². The third-order valence-corrected chi connectivity index (χ3v) is 4.90. The van der Waals surface area contributed by atoms with Crippen molar-refractivity contribution in [1.29, 1.82) is 0 Å². The van der Waals surface area contributed by atoms with Crippen molar-refractivity contribution in [2.45, 2.75) is 32.4 Å². The van der Waals surface area contributed by atoms with Gasteiger partial charge in [-0.1, -0.05) is 31.2 Å². The molecule has 3 rings (SSSR count). The molecule has 0 saturated carbocycles. The first-order chi connectivity index (χ1) is 13.3. The first-order valence-corrected chi connectivity index (χ1v) is 9.12. The maximum absolute atomic E-state index is 14.3. The van der Waals surface area contributed by atoms with Gasteiger partial charge in [0, 0.05) is 31.6 Å². The van der Waals surface area contributed by atoms with Crippen LogP contribution in [-0.2, 0) is 23.9 Å². The van der Waals surface area contributed by atoms with E-state index in [4.69, 9.17) is 9.84 Å². The summed E-state index contributed by atoms with van der Waals surface area (Å²) in [7, 11) is 0. The molecular formula is C21H22F3NO3. The van der Waals surface area contributed by atoms with Crippen LogP contribution >= 0.6 is 0 Å². The molecule has 0 unspecified atom stereocenters. The number of hydrogen-bond acceptors (Lipinski definition) is 3. The topological polar surface area (TPSA) is 49.8 Å². The van der Waals surface area contributed by atoms with Gasteiger partial charge in [-0.05, 0) is 29.3 Å².